The highest BCUT2D eigenvalue weighted by Gasteiger charge is 2.44. The minimum absolute atomic E-state index is 0.0229. The van der Waals surface area contributed by atoms with Crippen LogP contribution in [0.5, 0.6) is 0 Å². The topological polar surface area (TPSA) is 77.9 Å². The highest BCUT2D eigenvalue weighted by molar-refractivity contribution is 7.91. The van der Waals surface area contributed by atoms with Gasteiger partial charge in [0.1, 0.15) is 0 Å². The van der Waals surface area contributed by atoms with Crippen LogP contribution in [0.25, 0.3) is 0 Å². The monoisotopic (exact) mass is 580 g/mol. The van der Waals surface area contributed by atoms with Crippen molar-refractivity contribution in [1.29, 1.82) is 0 Å². The number of aliphatic hydroxyl groups is 1. The van der Waals surface area contributed by atoms with Gasteiger partial charge in [-0.2, -0.15) is 13.2 Å². The molecule has 2 aromatic carbocycles. The Kier molecular flexibility index (Phi) is 9.31. The fourth-order valence-corrected chi connectivity index (χ4v) is 7.94. The lowest BCUT2D eigenvalue weighted by Gasteiger charge is -2.44. The summed E-state index contributed by atoms with van der Waals surface area (Å²) in [4.78, 5) is 17.9. The van der Waals surface area contributed by atoms with Crippen molar-refractivity contribution in [2.45, 2.75) is 81.3 Å². The first kappa shape index (κ1) is 30.5. The first-order valence-corrected chi connectivity index (χ1v) is 15.6. The molecule has 4 rings (SSSR count). The lowest BCUT2D eigenvalue weighted by atomic mass is 9.80. The van der Waals surface area contributed by atoms with Crippen LogP contribution in [0.2, 0.25) is 0 Å². The van der Waals surface area contributed by atoms with E-state index in [2.05, 4.69) is 18.7 Å². The van der Waals surface area contributed by atoms with Gasteiger partial charge >= 0.3 is 6.18 Å². The van der Waals surface area contributed by atoms with E-state index >= 15 is 0 Å². The number of likely N-dealkylation sites (tertiary alicyclic amines) is 1. The van der Waals surface area contributed by atoms with Crippen molar-refractivity contribution < 1.29 is 31.5 Å². The molecule has 1 aliphatic heterocycles. The van der Waals surface area contributed by atoms with Gasteiger partial charge in [-0.3, -0.25) is 4.79 Å². The second kappa shape index (κ2) is 12.2. The molecule has 220 valence electrons. The number of sulfone groups is 1. The van der Waals surface area contributed by atoms with Gasteiger partial charge in [0.15, 0.2) is 9.84 Å². The Bertz CT molecular complexity index is 1270. The molecular weight excluding hydrogens is 541 g/mol. The number of aliphatic hydroxyl groups excluding tert-OH is 1. The Hall–Kier alpha value is -2.43. The summed E-state index contributed by atoms with van der Waals surface area (Å²) >= 11 is 0. The normalized spacial score (nSPS) is 25.1. The van der Waals surface area contributed by atoms with Gasteiger partial charge < -0.3 is 14.9 Å². The van der Waals surface area contributed by atoms with Crippen molar-refractivity contribution in [3.63, 3.8) is 0 Å². The smallest absolute Gasteiger partial charge is 0.388 e. The van der Waals surface area contributed by atoms with Crippen LogP contribution in [0.3, 0.4) is 0 Å². The van der Waals surface area contributed by atoms with Crippen molar-refractivity contribution in [1.82, 2.24) is 9.80 Å². The Balaban J connectivity index is 1.51. The largest absolute Gasteiger partial charge is 0.416 e. The molecule has 1 heterocycles. The summed E-state index contributed by atoms with van der Waals surface area (Å²) in [6.45, 7) is 4.65. The molecule has 0 bridgehead atoms. The van der Waals surface area contributed by atoms with E-state index in [9.17, 15) is 31.5 Å². The summed E-state index contributed by atoms with van der Waals surface area (Å²) in [6.07, 6.45) is -3.08. The van der Waals surface area contributed by atoms with Gasteiger partial charge in [0.2, 0.25) is 5.91 Å². The zero-order valence-corrected chi connectivity index (χ0v) is 24.0. The van der Waals surface area contributed by atoms with Gasteiger partial charge in [-0.05, 0) is 88.7 Å². The summed E-state index contributed by atoms with van der Waals surface area (Å²) < 4.78 is 66.2. The zero-order chi connectivity index (χ0) is 29.2. The fourth-order valence-electron chi connectivity index (χ4n) is 6.25. The van der Waals surface area contributed by atoms with Gasteiger partial charge in [-0.25, -0.2) is 8.42 Å². The molecule has 2 aromatic rings. The Morgan fingerprint density at radius 3 is 2.40 bits per heavy atom. The Labute approximate surface area is 235 Å². The average molecular weight is 581 g/mol. The third-order valence-corrected chi connectivity index (χ3v) is 10.6. The van der Waals surface area contributed by atoms with Crippen LogP contribution in [0.15, 0.2) is 59.5 Å². The number of alkyl halides is 3. The lowest BCUT2D eigenvalue weighted by molar-refractivity contribution is -0.138. The predicted octanol–water partition coefficient (Wildman–Crippen LogP) is 5.33. The Morgan fingerprint density at radius 2 is 1.75 bits per heavy atom. The third kappa shape index (κ3) is 6.89. The van der Waals surface area contributed by atoms with E-state index in [0.29, 0.717) is 31.8 Å². The number of carbonyl (C=O) groups excluding carboxylic acids is 1. The number of carbonyl (C=O) groups is 1. The molecule has 0 radical (unpaired) electrons. The molecule has 1 saturated heterocycles. The third-order valence-electron chi connectivity index (χ3n) is 8.70. The van der Waals surface area contributed by atoms with E-state index in [0.717, 1.165) is 18.6 Å². The van der Waals surface area contributed by atoms with E-state index in [-0.39, 0.29) is 46.5 Å². The molecule has 2 aliphatic rings. The summed E-state index contributed by atoms with van der Waals surface area (Å²) in [7, 11) is -1.54. The summed E-state index contributed by atoms with van der Waals surface area (Å²) in [5.74, 6) is -1.02. The minimum atomic E-state index is -4.52. The molecule has 1 amide bonds. The lowest BCUT2D eigenvalue weighted by Crippen LogP contribution is -2.51. The van der Waals surface area contributed by atoms with Crippen molar-refractivity contribution in [3.05, 3.63) is 65.7 Å². The first-order chi connectivity index (χ1) is 18.8. The maximum atomic E-state index is 13.6. The van der Waals surface area contributed by atoms with Gasteiger partial charge in [0.05, 0.1) is 22.3 Å². The summed E-state index contributed by atoms with van der Waals surface area (Å²) in [5.41, 5.74) is -0.709. The quantitative estimate of drug-likeness (QED) is 0.434. The zero-order valence-electron chi connectivity index (χ0n) is 23.2. The molecule has 1 saturated carbocycles. The number of amides is 1. The molecule has 1 N–H and O–H groups in total. The van der Waals surface area contributed by atoms with E-state index in [1.165, 1.54) is 12.1 Å². The second-order valence-electron chi connectivity index (χ2n) is 11.5. The number of hydrogen-bond donors (Lipinski definition) is 1. The number of rotatable bonds is 9. The standard InChI is InChI=1S/C30H39F3N2O4S/c1-20(2)34(3)25-12-13-27(23(17-25)19-40(38,39)26-10-5-4-6-11-26)35-15-14-22(29(35)37)18-28(36)21-8-7-9-24(16-21)30(31,32)33/h4-11,16,20,22-23,25,27-28,36H,12-15,17-19H2,1-3H3/t22?,23-,25+,27-,28?/m0/s1. The van der Waals surface area contributed by atoms with Crippen LogP contribution in [-0.2, 0) is 20.8 Å². The predicted molar refractivity (Wildman–Crippen MR) is 147 cm³/mol. The minimum Gasteiger partial charge on any atom is -0.388 e. The number of nitrogens with zero attached hydrogens (tertiary/aromatic N) is 2. The SMILES string of the molecule is CC(C)N(C)[C@@H]1CC[C@H](N2CCC(CC(O)c3cccc(C(F)(F)F)c3)C2=O)[C@H](CS(=O)(=O)c2ccccc2)C1. The van der Waals surface area contributed by atoms with Crippen LogP contribution < -0.4 is 0 Å². The molecule has 6 nitrogen and oxygen atoms in total. The highest BCUT2D eigenvalue weighted by Crippen LogP contribution is 2.39. The number of benzene rings is 2. The van der Waals surface area contributed by atoms with E-state index in [4.69, 9.17) is 0 Å². The Morgan fingerprint density at radius 1 is 1.05 bits per heavy atom. The second-order valence-corrected chi connectivity index (χ2v) is 13.6. The molecule has 40 heavy (non-hydrogen) atoms. The van der Waals surface area contributed by atoms with Gasteiger partial charge in [0, 0.05) is 30.6 Å². The maximum absolute atomic E-state index is 13.6. The molecular formula is C30H39F3N2O4S. The fraction of sp³-hybridized carbons (Fsp3) is 0.567. The first-order valence-electron chi connectivity index (χ1n) is 13.9. The van der Waals surface area contributed by atoms with Crippen LogP contribution in [0, 0.1) is 11.8 Å². The van der Waals surface area contributed by atoms with Crippen LogP contribution in [-0.4, -0.2) is 66.7 Å². The van der Waals surface area contributed by atoms with E-state index < -0.39 is 33.6 Å². The van der Waals surface area contributed by atoms with Crippen LogP contribution in [0.4, 0.5) is 13.2 Å². The number of hydrogen-bond acceptors (Lipinski definition) is 5. The molecule has 0 aromatic heterocycles. The average Bonchev–Trinajstić information content (AvgIpc) is 3.27. The summed E-state index contributed by atoms with van der Waals surface area (Å²) in [5, 5.41) is 10.7. The highest BCUT2D eigenvalue weighted by atomic mass is 32.2. The molecule has 5 atom stereocenters. The van der Waals surface area contributed by atoms with Crippen LogP contribution >= 0.6 is 0 Å². The van der Waals surface area contributed by atoms with Crippen molar-refractivity contribution >= 4 is 15.7 Å². The van der Waals surface area contributed by atoms with E-state index in [1.54, 1.807) is 35.2 Å². The van der Waals surface area contributed by atoms with Gasteiger partial charge in [-0.1, -0.05) is 30.3 Å². The molecule has 2 unspecified atom stereocenters. The molecule has 2 fully saturated rings. The maximum Gasteiger partial charge on any atom is 0.416 e. The molecule has 0 spiro atoms. The molecule has 1 aliphatic carbocycles. The summed E-state index contributed by atoms with van der Waals surface area (Å²) in [6, 6.07) is 13.2. The van der Waals surface area contributed by atoms with Crippen molar-refractivity contribution in [2.24, 2.45) is 11.8 Å². The van der Waals surface area contributed by atoms with Crippen LogP contribution in [0.1, 0.15) is 63.2 Å². The van der Waals surface area contributed by atoms with Crippen molar-refractivity contribution in [2.75, 3.05) is 19.3 Å². The van der Waals surface area contributed by atoms with Crippen molar-refractivity contribution in [3.8, 4) is 0 Å². The van der Waals surface area contributed by atoms with Gasteiger partial charge in [-0.15, -0.1) is 0 Å². The van der Waals surface area contributed by atoms with Gasteiger partial charge in [0.25, 0.3) is 0 Å². The molecule has 10 heteroatoms. The number of halogens is 3. The van der Waals surface area contributed by atoms with E-state index in [1.807, 2.05) is 7.05 Å².